The van der Waals surface area contributed by atoms with Crippen LogP contribution in [-0.2, 0) is 6.54 Å². The number of benzene rings is 1. The van der Waals surface area contributed by atoms with E-state index in [4.69, 9.17) is 5.11 Å². The zero-order chi connectivity index (χ0) is 10.4. The summed E-state index contributed by atoms with van der Waals surface area (Å²) in [5, 5.41) is 11.7. The monoisotopic (exact) mass is 215 g/mol. The number of halogens is 1. The number of rotatable bonds is 5. The average Bonchev–Trinajstić information content (AvgIpc) is 2.18. The fraction of sp³-hybridized carbons (Fsp3) is 0.400. The van der Waals surface area contributed by atoms with Gasteiger partial charge in [0.2, 0.25) is 0 Å². The minimum atomic E-state index is -0.212. The van der Waals surface area contributed by atoms with Crippen LogP contribution >= 0.6 is 11.8 Å². The van der Waals surface area contributed by atoms with E-state index in [1.165, 1.54) is 17.8 Å². The third-order valence-electron chi connectivity index (χ3n) is 1.75. The molecule has 78 valence electrons. The van der Waals surface area contributed by atoms with E-state index in [2.05, 4.69) is 5.32 Å². The fourth-order valence-electron chi connectivity index (χ4n) is 1.19. The van der Waals surface area contributed by atoms with Crippen molar-refractivity contribution in [2.24, 2.45) is 0 Å². The van der Waals surface area contributed by atoms with Crippen LogP contribution in [0.3, 0.4) is 0 Å². The van der Waals surface area contributed by atoms with Crippen molar-refractivity contribution < 1.29 is 9.50 Å². The Morgan fingerprint density at radius 3 is 2.93 bits per heavy atom. The van der Waals surface area contributed by atoms with Gasteiger partial charge in [-0.1, -0.05) is 12.1 Å². The smallest absolute Gasteiger partial charge is 0.137 e. The molecule has 2 nitrogen and oxygen atoms in total. The molecule has 1 rings (SSSR count). The van der Waals surface area contributed by atoms with Crippen molar-refractivity contribution in [2.45, 2.75) is 11.4 Å². The maximum Gasteiger partial charge on any atom is 0.137 e. The van der Waals surface area contributed by atoms with Gasteiger partial charge in [-0.25, -0.2) is 4.39 Å². The Balaban J connectivity index is 2.84. The molecular weight excluding hydrogens is 201 g/mol. The van der Waals surface area contributed by atoms with E-state index in [0.717, 1.165) is 5.56 Å². The van der Waals surface area contributed by atoms with Crippen LogP contribution in [0.15, 0.2) is 23.1 Å². The van der Waals surface area contributed by atoms with Crippen molar-refractivity contribution in [3.05, 3.63) is 29.6 Å². The first-order valence-electron chi connectivity index (χ1n) is 4.45. The normalized spacial score (nSPS) is 10.5. The molecule has 0 saturated carbocycles. The van der Waals surface area contributed by atoms with Gasteiger partial charge in [-0.05, 0) is 18.7 Å². The fourth-order valence-corrected chi connectivity index (χ4v) is 2.02. The van der Waals surface area contributed by atoms with Crippen LogP contribution in [0.4, 0.5) is 4.39 Å². The molecule has 0 aliphatic rings. The van der Waals surface area contributed by atoms with Gasteiger partial charge in [0.15, 0.2) is 0 Å². The Bertz CT molecular complexity index is 293. The van der Waals surface area contributed by atoms with Gasteiger partial charge in [-0.15, -0.1) is 11.8 Å². The molecular formula is C10H14FNOS. The van der Waals surface area contributed by atoms with Gasteiger partial charge in [0.05, 0.1) is 6.61 Å². The second kappa shape index (κ2) is 6.01. The largest absolute Gasteiger partial charge is 0.396 e. The van der Waals surface area contributed by atoms with Gasteiger partial charge in [-0.3, -0.25) is 0 Å². The highest BCUT2D eigenvalue weighted by molar-refractivity contribution is 7.99. The second-order valence-corrected chi connectivity index (χ2v) is 3.94. The molecule has 0 bridgehead atoms. The van der Waals surface area contributed by atoms with E-state index in [0.29, 0.717) is 17.2 Å². The van der Waals surface area contributed by atoms with Crippen molar-refractivity contribution in [1.29, 1.82) is 0 Å². The molecule has 0 atom stereocenters. The molecule has 0 aliphatic heterocycles. The molecule has 0 heterocycles. The number of aliphatic hydroxyl groups excluding tert-OH is 1. The number of hydrogen-bond acceptors (Lipinski definition) is 3. The number of aliphatic hydroxyl groups is 1. The first kappa shape index (κ1) is 11.5. The summed E-state index contributed by atoms with van der Waals surface area (Å²) in [6.07, 6.45) is 0. The molecule has 0 unspecified atom stereocenters. The van der Waals surface area contributed by atoms with Crippen LogP contribution in [0.25, 0.3) is 0 Å². The summed E-state index contributed by atoms with van der Waals surface area (Å²) in [5.41, 5.74) is 0.936. The molecule has 0 fully saturated rings. The first-order valence-corrected chi connectivity index (χ1v) is 5.43. The van der Waals surface area contributed by atoms with E-state index in [9.17, 15) is 4.39 Å². The quantitative estimate of drug-likeness (QED) is 0.732. The minimum absolute atomic E-state index is 0.0675. The standard InChI is InChI=1S/C10H14FNOS/c1-12-7-8-3-2-4-9(11)10(8)14-6-5-13/h2-4,12-13H,5-7H2,1H3. The minimum Gasteiger partial charge on any atom is -0.396 e. The van der Waals surface area contributed by atoms with E-state index >= 15 is 0 Å². The van der Waals surface area contributed by atoms with Crippen molar-refractivity contribution in [2.75, 3.05) is 19.4 Å². The number of nitrogens with one attached hydrogen (secondary N) is 1. The van der Waals surface area contributed by atoms with Crippen LogP contribution < -0.4 is 5.32 Å². The summed E-state index contributed by atoms with van der Waals surface area (Å²) in [7, 11) is 1.82. The molecule has 1 aromatic carbocycles. The topological polar surface area (TPSA) is 32.3 Å². The molecule has 1 aromatic rings. The summed E-state index contributed by atoms with van der Waals surface area (Å²) in [6.45, 7) is 0.712. The summed E-state index contributed by atoms with van der Waals surface area (Å²) < 4.78 is 13.4. The predicted octanol–water partition coefficient (Wildman–Crippen LogP) is 1.63. The Hall–Kier alpha value is -0.580. The zero-order valence-corrected chi connectivity index (χ0v) is 8.90. The maximum absolute atomic E-state index is 13.4. The lowest BCUT2D eigenvalue weighted by Gasteiger charge is -2.08. The Morgan fingerprint density at radius 1 is 1.50 bits per heavy atom. The van der Waals surface area contributed by atoms with Crippen molar-refractivity contribution in [3.8, 4) is 0 Å². The highest BCUT2D eigenvalue weighted by Gasteiger charge is 2.07. The van der Waals surface area contributed by atoms with Gasteiger partial charge in [0, 0.05) is 17.2 Å². The lowest BCUT2D eigenvalue weighted by Crippen LogP contribution is -2.07. The Morgan fingerprint density at radius 2 is 2.29 bits per heavy atom. The van der Waals surface area contributed by atoms with Crippen molar-refractivity contribution in [1.82, 2.24) is 5.32 Å². The zero-order valence-electron chi connectivity index (χ0n) is 8.09. The van der Waals surface area contributed by atoms with Crippen molar-refractivity contribution >= 4 is 11.8 Å². The van der Waals surface area contributed by atoms with Crippen LogP contribution in [0, 0.1) is 5.82 Å². The first-order chi connectivity index (χ1) is 6.79. The van der Waals surface area contributed by atoms with E-state index in [1.54, 1.807) is 6.07 Å². The van der Waals surface area contributed by atoms with Gasteiger partial charge < -0.3 is 10.4 Å². The third kappa shape index (κ3) is 2.97. The van der Waals surface area contributed by atoms with Crippen LogP contribution in [0.2, 0.25) is 0 Å². The molecule has 0 saturated heterocycles. The lowest BCUT2D eigenvalue weighted by molar-refractivity contribution is 0.322. The van der Waals surface area contributed by atoms with Gasteiger partial charge in [0.1, 0.15) is 5.82 Å². The van der Waals surface area contributed by atoms with Gasteiger partial charge in [-0.2, -0.15) is 0 Å². The van der Waals surface area contributed by atoms with Gasteiger partial charge >= 0.3 is 0 Å². The molecule has 0 aliphatic carbocycles. The summed E-state index contributed by atoms with van der Waals surface area (Å²) in [5.74, 6) is 0.314. The Labute approximate surface area is 87.5 Å². The molecule has 0 amide bonds. The number of thioether (sulfide) groups is 1. The van der Waals surface area contributed by atoms with Crippen LogP contribution in [-0.4, -0.2) is 24.5 Å². The van der Waals surface area contributed by atoms with Crippen LogP contribution in [0.1, 0.15) is 5.56 Å². The van der Waals surface area contributed by atoms with Gasteiger partial charge in [0.25, 0.3) is 0 Å². The molecule has 4 heteroatoms. The van der Waals surface area contributed by atoms with Crippen molar-refractivity contribution in [3.63, 3.8) is 0 Å². The summed E-state index contributed by atoms with van der Waals surface area (Å²) >= 11 is 1.35. The SMILES string of the molecule is CNCc1cccc(F)c1SCCO. The Kier molecular flexibility index (Phi) is 4.93. The molecule has 2 N–H and O–H groups in total. The highest BCUT2D eigenvalue weighted by atomic mass is 32.2. The lowest BCUT2D eigenvalue weighted by atomic mass is 10.2. The second-order valence-electron chi connectivity index (χ2n) is 2.83. The van der Waals surface area contributed by atoms with E-state index < -0.39 is 0 Å². The van der Waals surface area contributed by atoms with Crippen LogP contribution in [0.5, 0.6) is 0 Å². The molecule has 14 heavy (non-hydrogen) atoms. The molecule has 0 radical (unpaired) electrons. The molecule has 0 spiro atoms. The van der Waals surface area contributed by atoms with E-state index in [-0.39, 0.29) is 12.4 Å². The predicted molar refractivity (Wildman–Crippen MR) is 57.0 cm³/mol. The molecule has 0 aromatic heterocycles. The summed E-state index contributed by atoms with van der Waals surface area (Å²) in [6, 6.07) is 5.03. The maximum atomic E-state index is 13.4. The van der Waals surface area contributed by atoms with E-state index in [1.807, 2.05) is 13.1 Å². The highest BCUT2D eigenvalue weighted by Crippen LogP contribution is 2.25. The summed E-state index contributed by atoms with van der Waals surface area (Å²) in [4.78, 5) is 0.635. The number of hydrogen-bond donors (Lipinski definition) is 2. The third-order valence-corrected chi connectivity index (χ3v) is 2.89. The average molecular weight is 215 g/mol.